The molecule has 8 heteroatoms. The molecule has 146 valence electrons. The second kappa shape index (κ2) is 7.85. The summed E-state index contributed by atoms with van der Waals surface area (Å²) in [5, 5.41) is 4.50. The van der Waals surface area contributed by atoms with E-state index in [0.29, 0.717) is 37.2 Å². The number of aryl methyl sites for hydroxylation is 2. The number of hydrogen-bond donors (Lipinski definition) is 1. The van der Waals surface area contributed by atoms with E-state index in [9.17, 15) is 9.59 Å². The molecule has 28 heavy (non-hydrogen) atoms. The Morgan fingerprint density at radius 1 is 1.29 bits per heavy atom. The fraction of sp³-hybridized carbons (Fsp3) is 0.350. The van der Waals surface area contributed by atoms with Crippen LogP contribution >= 0.6 is 34.5 Å². The maximum Gasteiger partial charge on any atom is 0.262 e. The van der Waals surface area contributed by atoms with E-state index in [0.717, 1.165) is 37.1 Å². The lowest BCUT2D eigenvalue weighted by Crippen LogP contribution is -2.25. The van der Waals surface area contributed by atoms with Crippen LogP contribution in [0.2, 0.25) is 10.0 Å². The van der Waals surface area contributed by atoms with Crippen molar-refractivity contribution in [3.05, 3.63) is 60.4 Å². The van der Waals surface area contributed by atoms with Crippen LogP contribution in [0.1, 0.15) is 45.9 Å². The number of thiophene rings is 1. The summed E-state index contributed by atoms with van der Waals surface area (Å²) in [5.41, 5.74) is 1.44. The number of halogens is 2. The van der Waals surface area contributed by atoms with E-state index >= 15 is 0 Å². The smallest absolute Gasteiger partial charge is 0.262 e. The lowest BCUT2D eigenvalue weighted by Gasteiger charge is -2.08. The highest BCUT2D eigenvalue weighted by Gasteiger charge is 2.22. The van der Waals surface area contributed by atoms with Crippen LogP contribution in [-0.2, 0) is 19.5 Å². The van der Waals surface area contributed by atoms with Gasteiger partial charge in [0.25, 0.3) is 11.5 Å². The first kappa shape index (κ1) is 19.4. The van der Waals surface area contributed by atoms with Crippen LogP contribution in [-0.4, -0.2) is 15.5 Å². The average molecular weight is 436 g/mol. The van der Waals surface area contributed by atoms with Gasteiger partial charge < -0.3 is 5.32 Å². The van der Waals surface area contributed by atoms with Crippen molar-refractivity contribution in [2.24, 2.45) is 0 Å². The summed E-state index contributed by atoms with van der Waals surface area (Å²) in [7, 11) is 0. The first-order chi connectivity index (χ1) is 13.5. The maximum absolute atomic E-state index is 13.0. The minimum absolute atomic E-state index is 0.0320. The first-order valence-corrected chi connectivity index (χ1v) is 10.8. The number of aromatic nitrogens is 2. The molecule has 1 amide bonds. The Morgan fingerprint density at radius 2 is 2.11 bits per heavy atom. The van der Waals surface area contributed by atoms with Crippen molar-refractivity contribution >= 4 is 50.7 Å². The molecule has 1 N–H and O–H groups in total. The summed E-state index contributed by atoms with van der Waals surface area (Å²) in [6.07, 6.45) is 3.94. The lowest BCUT2D eigenvalue weighted by molar-refractivity contribution is 0.0954. The zero-order valence-electron chi connectivity index (χ0n) is 15.3. The zero-order valence-corrected chi connectivity index (χ0v) is 17.7. The predicted molar refractivity (Wildman–Crippen MR) is 114 cm³/mol. The van der Waals surface area contributed by atoms with Gasteiger partial charge in [0.1, 0.15) is 10.7 Å². The summed E-state index contributed by atoms with van der Waals surface area (Å²) in [6.45, 7) is 2.80. The van der Waals surface area contributed by atoms with E-state index in [1.54, 1.807) is 22.8 Å². The molecular formula is C20H19Cl2N3O2S. The Balaban J connectivity index is 1.65. The number of rotatable bonds is 3. The van der Waals surface area contributed by atoms with Crippen molar-refractivity contribution < 1.29 is 4.79 Å². The number of fused-ring (bicyclic) bond motifs is 2. The predicted octanol–water partition coefficient (Wildman–Crippen LogP) is 4.73. The van der Waals surface area contributed by atoms with Crippen LogP contribution < -0.4 is 10.9 Å². The van der Waals surface area contributed by atoms with Gasteiger partial charge in [0.05, 0.1) is 10.3 Å². The van der Waals surface area contributed by atoms with Gasteiger partial charge in [0.15, 0.2) is 0 Å². The van der Waals surface area contributed by atoms with Crippen molar-refractivity contribution in [2.75, 3.05) is 0 Å². The SMILES string of the molecule is Cc1c(C(=O)NCc2ccc(Cl)cc2Cl)sc2nc3n(c(=O)c12)CCCCC3. The van der Waals surface area contributed by atoms with Crippen molar-refractivity contribution in [2.45, 2.75) is 45.7 Å². The molecule has 0 saturated heterocycles. The van der Waals surface area contributed by atoms with Crippen molar-refractivity contribution in [1.82, 2.24) is 14.9 Å². The third-order valence-corrected chi connectivity index (χ3v) is 6.84. The van der Waals surface area contributed by atoms with Crippen molar-refractivity contribution in [1.29, 1.82) is 0 Å². The molecule has 0 aliphatic carbocycles. The number of benzene rings is 1. The van der Waals surface area contributed by atoms with E-state index < -0.39 is 0 Å². The lowest BCUT2D eigenvalue weighted by atomic mass is 10.2. The molecule has 0 unspecified atom stereocenters. The van der Waals surface area contributed by atoms with Crippen molar-refractivity contribution in [3.8, 4) is 0 Å². The molecule has 0 radical (unpaired) electrons. The summed E-state index contributed by atoms with van der Waals surface area (Å²) in [4.78, 5) is 31.6. The largest absolute Gasteiger partial charge is 0.347 e. The standard InChI is InChI=1S/C20H19Cl2N3O2S/c1-11-16-19(24-15-5-3-2-4-8-25(15)20(16)27)28-17(11)18(26)23-10-12-6-7-13(21)9-14(12)22/h6-7,9H,2-5,8,10H2,1H3,(H,23,26). The first-order valence-electron chi connectivity index (χ1n) is 9.20. The van der Waals surface area contributed by atoms with Crippen LogP contribution in [0.4, 0.5) is 0 Å². The van der Waals surface area contributed by atoms with Crippen molar-refractivity contribution in [3.63, 3.8) is 0 Å². The second-order valence-electron chi connectivity index (χ2n) is 6.95. The molecule has 0 atom stereocenters. The molecule has 0 bridgehead atoms. The monoisotopic (exact) mass is 435 g/mol. The molecule has 2 aromatic heterocycles. The topological polar surface area (TPSA) is 64.0 Å². The summed E-state index contributed by atoms with van der Waals surface area (Å²) in [5.74, 6) is 0.599. The van der Waals surface area contributed by atoms with Gasteiger partial charge >= 0.3 is 0 Å². The normalized spacial score (nSPS) is 14.0. The number of nitrogens with zero attached hydrogens (tertiary/aromatic N) is 2. The molecule has 0 spiro atoms. The Morgan fingerprint density at radius 3 is 2.89 bits per heavy atom. The maximum atomic E-state index is 13.0. The van der Waals surface area contributed by atoms with Crippen LogP contribution in [0.15, 0.2) is 23.0 Å². The molecular weight excluding hydrogens is 417 g/mol. The molecule has 1 aliphatic rings. The van der Waals surface area contributed by atoms with Crippen LogP contribution in [0, 0.1) is 6.92 Å². The zero-order chi connectivity index (χ0) is 19.8. The minimum Gasteiger partial charge on any atom is -0.347 e. The second-order valence-corrected chi connectivity index (χ2v) is 8.79. The molecule has 1 aromatic carbocycles. The van der Waals surface area contributed by atoms with Gasteiger partial charge in [-0.1, -0.05) is 35.7 Å². The quantitative estimate of drug-likeness (QED) is 0.646. The van der Waals surface area contributed by atoms with Gasteiger partial charge in [-0.05, 0) is 43.0 Å². The van der Waals surface area contributed by atoms with Crippen LogP contribution in [0.5, 0.6) is 0 Å². The highest BCUT2D eigenvalue weighted by atomic mass is 35.5. The number of hydrogen-bond acceptors (Lipinski definition) is 4. The van der Waals surface area contributed by atoms with Gasteiger partial charge in [-0.25, -0.2) is 4.98 Å². The van der Waals surface area contributed by atoms with Gasteiger partial charge in [-0.3, -0.25) is 14.2 Å². The molecule has 1 aliphatic heterocycles. The fourth-order valence-electron chi connectivity index (χ4n) is 3.55. The Kier molecular flexibility index (Phi) is 5.45. The Labute approximate surface area is 176 Å². The van der Waals surface area contributed by atoms with E-state index in [1.165, 1.54) is 11.3 Å². The van der Waals surface area contributed by atoms with Gasteiger partial charge in [-0.15, -0.1) is 11.3 Å². The van der Waals surface area contributed by atoms with E-state index in [2.05, 4.69) is 5.32 Å². The Bertz CT molecular complexity index is 1140. The fourth-order valence-corrected chi connectivity index (χ4v) is 5.13. The summed E-state index contributed by atoms with van der Waals surface area (Å²) >= 11 is 13.4. The molecule has 0 fully saturated rings. The molecule has 0 saturated carbocycles. The Hall–Kier alpha value is -1.89. The average Bonchev–Trinajstić information content (AvgIpc) is 2.83. The number of amides is 1. The van der Waals surface area contributed by atoms with Gasteiger partial charge in [-0.2, -0.15) is 0 Å². The highest BCUT2D eigenvalue weighted by molar-refractivity contribution is 7.20. The molecule has 4 rings (SSSR count). The third kappa shape index (κ3) is 3.56. The summed E-state index contributed by atoms with van der Waals surface area (Å²) in [6, 6.07) is 5.17. The molecule has 5 nitrogen and oxygen atoms in total. The van der Waals surface area contributed by atoms with E-state index in [4.69, 9.17) is 28.2 Å². The summed E-state index contributed by atoms with van der Waals surface area (Å²) < 4.78 is 1.78. The van der Waals surface area contributed by atoms with E-state index in [1.807, 2.05) is 6.92 Å². The van der Waals surface area contributed by atoms with Gasteiger partial charge in [0.2, 0.25) is 0 Å². The van der Waals surface area contributed by atoms with Crippen LogP contribution in [0.3, 0.4) is 0 Å². The number of carbonyl (C=O) groups excluding carboxylic acids is 1. The number of carbonyl (C=O) groups is 1. The minimum atomic E-state index is -0.230. The number of nitrogens with one attached hydrogen (secondary N) is 1. The molecule has 3 heterocycles. The van der Waals surface area contributed by atoms with Crippen LogP contribution in [0.25, 0.3) is 10.2 Å². The van der Waals surface area contributed by atoms with E-state index in [-0.39, 0.29) is 18.0 Å². The molecule has 3 aromatic rings. The van der Waals surface area contributed by atoms with Gasteiger partial charge in [0, 0.05) is 29.6 Å². The third-order valence-electron chi connectivity index (χ3n) is 5.07. The highest BCUT2D eigenvalue weighted by Crippen LogP contribution is 2.28.